The summed E-state index contributed by atoms with van der Waals surface area (Å²) < 4.78 is 0. The zero-order valence-electron chi connectivity index (χ0n) is 18.9. The molecular weight excluding hydrogens is 464 g/mol. The molecule has 1 atom stereocenters. The Morgan fingerprint density at radius 3 is 2.17 bits per heavy atom. The molecule has 5 rings (SSSR count). The zero-order chi connectivity index (χ0) is 24.4. The van der Waals surface area contributed by atoms with Crippen molar-refractivity contribution in [1.29, 1.82) is 0 Å². The fourth-order valence-electron chi connectivity index (χ4n) is 4.57. The van der Waals surface area contributed by atoms with Gasteiger partial charge >= 0.3 is 0 Å². The maximum Gasteiger partial charge on any atom is 0.269 e. The quantitative estimate of drug-likeness (QED) is 0.292. The van der Waals surface area contributed by atoms with Crippen molar-refractivity contribution >= 4 is 40.6 Å². The van der Waals surface area contributed by atoms with Crippen LogP contribution in [0.1, 0.15) is 6.42 Å². The highest BCUT2D eigenvalue weighted by Crippen LogP contribution is 2.38. The number of para-hydroxylation sites is 1. The van der Waals surface area contributed by atoms with Gasteiger partial charge in [-0.2, -0.15) is 0 Å². The summed E-state index contributed by atoms with van der Waals surface area (Å²) in [7, 11) is 0. The molecule has 0 aliphatic carbocycles. The molecule has 8 nitrogen and oxygen atoms in total. The molecule has 2 heterocycles. The van der Waals surface area contributed by atoms with Crippen molar-refractivity contribution in [3.63, 3.8) is 0 Å². The predicted octanol–water partition coefficient (Wildman–Crippen LogP) is 4.20. The summed E-state index contributed by atoms with van der Waals surface area (Å²) in [4.78, 5) is 44.4. The van der Waals surface area contributed by atoms with Gasteiger partial charge < -0.3 is 4.90 Å². The van der Waals surface area contributed by atoms with Crippen LogP contribution in [0.15, 0.2) is 88.7 Å². The lowest BCUT2D eigenvalue weighted by molar-refractivity contribution is -0.384. The molecule has 0 radical (unpaired) electrons. The molecule has 35 heavy (non-hydrogen) atoms. The Hall–Kier alpha value is -3.69. The number of hydrogen-bond acceptors (Lipinski definition) is 7. The summed E-state index contributed by atoms with van der Waals surface area (Å²) in [6, 6.07) is 23.4. The van der Waals surface area contributed by atoms with Gasteiger partial charge in [0.1, 0.15) is 0 Å². The van der Waals surface area contributed by atoms with Crippen molar-refractivity contribution in [1.82, 2.24) is 4.90 Å². The fourth-order valence-corrected chi connectivity index (χ4v) is 5.53. The van der Waals surface area contributed by atoms with Crippen molar-refractivity contribution in [2.75, 3.05) is 36.0 Å². The van der Waals surface area contributed by atoms with Crippen molar-refractivity contribution in [2.24, 2.45) is 0 Å². The van der Waals surface area contributed by atoms with E-state index in [1.54, 1.807) is 12.1 Å². The van der Waals surface area contributed by atoms with Gasteiger partial charge in [-0.15, -0.1) is 0 Å². The summed E-state index contributed by atoms with van der Waals surface area (Å²) >= 11 is 1.53. The summed E-state index contributed by atoms with van der Waals surface area (Å²) in [5.74, 6) is -0.362. The van der Waals surface area contributed by atoms with Crippen LogP contribution in [0.5, 0.6) is 0 Å². The van der Waals surface area contributed by atoms with E-state index >= 15 is 0 Å². The van der Waals surface area contributed by atoms with E-state index < -0.39 is 11.0 Å². The summed E-state index contributed by atoms with van der Waals surface area (Å²) in [6.07, 6.45) is 0.167. The molecular formula is C26H24N4O4S. The highest BCUT2D eigenvalue weighted by atomic mass is 32.2. The third-order valence-electron chi connectivity index (χ3n) is 6.38. The SMILES string of the molecule is O=C1C[C@@H](N2CCN(c3ccc([N+](=O)[O-])cc3)CC2)C(=O)N1c1ccccc1Sc1ccccc1. The molecule has 0 aromatic heterocycles. The Labute approximate surface area is 207 Å². The number of amides is 2. The van der Waals surface area contributed by atoms with Gasteiger partial charge in [0.05, 0.1) is 23.1 Å². The number of rotatable bonds is 6. The van der Waals surface area contributed by atoms with Crippen LogP contribution >= 0.6 is 11.8 Å². The van der Waals surface area contributed by atoms with Crippen LogP contribution in [0.3, 0.4) is 0 Å². The van der Waals surface area contributed by atoms with Gasteiger partial charge in [-0.05, 0) is 36.4 Å². The minimum atomic E-state index is -0.476. The molecule has 0 bridgehead atoms. The molecule has 0 unspecified atom stereocenters. The molecule has 2 amide bonds. The number of carbonyl (C=O) groups is 2. The van der Waals surface area contributed by atoms with E-state index in [0.29, 0.717) is 31.9 Å². The van der Waals surface area contributed by atoms with Crippen molar-refractivity contribution in [3.05, 3.63) is 89.0 Å². The second kappa shape index (κ2) is 9.89. The second-order valence-electron chi connectivity index (χ2n) is 8.47. The van der Waals surface area contributed by atoms with Gasteiger partial charge in [-0.25, -0.2) is 4.90 Å². The smallest absolute Gasteiger partial charge is 0.269 e. The van der Waals surface area contributed by atoms with E-state index in [0.717, 1.165) is 15.5 Å². The topological polar surface area (TPSA) is 87.0 Å². The van der Waals surface area contributed by atoms with Crippen LogP contribution in [-0.4, -0.2) is 53.9 Å². The summed E-state index contributed by atoms with van der Waals surface area (Å²) in [6.45, 7) is 2.62. The average Bonchev–Trinajstić information content (AvgIpc) is 3.18. The maximum absolute atomic E-state index is 13.4. The minimum absolute atomic E-state index is 0.0632. The molecule has 0 saturated carbocycles. The molecule has 0 N–H and O–H groups in total. The third-order valence-corrected chi connectivity index (χ3v) is 7.45. The first-order valence-corrected chi connectivity index (χ1v) is 12.2. The Morgan fingerprint density at radius 2 is 1.49 bits per heavy atom. The zero-order valence-corrected chi connectivity index (χ0v) is 19.8. The number of imide groups is 1. The standard InChI is InChI=1S/C26H24N4O4S/c31-25-18-23(28-16-14-27(15-17-28)19-10-12-20(13-11-19)30(33)34)26(32)29(25)22-8-4-5-9-24(22)35-21-6-2-1-3-7-21/h1-13,23H,14-18H2/t23-/m1/s1. The van der Waals surface area contributed by atoms with Gasteiger partial charge in [0.2, 0.25) is 5.91 Å². The minimum Gasteiger partial charge on any atom is -0.369 e. The van der Waals surface area contributed by atoms with Gasteiger partial charge in [-0.3, -0.25) is 24.6 Å². The predicted molar refractivity (Wildman–Crippen MR) is 135 cm³/mol. The lowest BCUT2D eigenvalue weighted by Gasteiger charge is -2.38. The highest BCUT2D eigenvalue weighted by Gasteiger charge is 2.44. The number of non-ortho nitro benzene ring substituents is 1. The van der Waals surface area contributed by atoms with Crippen LogP contribution in [0.4, 0.5) is 17.1 Å². The Bertz CT molecular complexity index is 1240. The van der Waals surface area contributed by atoms with E-state index in [2.05, 4.69) is 9.80 Å². The number of carbonyl (C=O) groups excluding carboxylic acids is 2. The fraction of sp³-hybridized carbons (Fsp3) is 0.231. The maximum atomic E-state index is 13.4. The third kappa shape index (κ3) is 4.78. The first-order chi connectivity index (χ1) is 17.0. The van der Waals surface area contributed by atoms with E-state index in [9.17, 15) is 19.7 Å². The van der Waals surface area contributed by atoms with Gasteiger partial charge in [0, 0.05) is 53.8 Å². The Kier molecular flexibility index (Phi) is 6.52. The number of hydrogen-bond donors (Lipinski definition) is 0. The lowest BCUT2D eigenvalue weighted by Crippen LogP contribution is -2.52. The van der Waals surface area contributed by atoms with E-state index in [1.165, 1.54) is 28.8 Å². The summed E-state index contributed by atoms with van der Waals surface area (Å²) in [5.41, 5.74) is 1.61. The number of nitro groups is 1. The van der Waals surface area contributed by atoms with Gasteiger partial charge in [0.25, 0.3) is 11.6 Å². The molecule has 9 heteroatoms. The van der Waals surface area contributed by atoms with Crippen molar-refractivity contribution < 1.29 is 14.5 Å². The monoisotopic (exact) mass is 488 g/mol. The number of benzene rings is 3. The molecule has 0 spiro atoms. The first kappa shape index (κ1) is 23.1. The molecule has 2 aliphatic heterocycles. The number of nitro benzene ring substituents is 1. The Balaban J connectivity index is 1.27. The van der Waals surface area contributed by atoms with Gasteiger partial charge in [0.15, 0.2) is 0 Å². The van der Waals surface area contributed by atoms with E-state index in [1.807, 2.05) is 54.6 Å². The highest BCUT2D eigenvalue weighted by molar-refractivity contribution is 7.99. The number of anilines is 2. The van der Waals surface area contributed by atoms with Crippen LogP contribution in [0.25, 0.3) is 0 Å². The Morgan fingerprint density at radius 1 is 0.829 bits per heavy atom. The normalized spacial score (nSPS) is 18.8. The van der Waals surface area contributed by atoms with Crippen LogP contribution in [0.2, 0.25) is 0 Å². The van der Waals surface area contributed by atoms with Crippen LogP contribution in [0, 0.1) is 10.1 Å². The van der Waals surface area contributed by atoms with Gasteiger partial charge in [-0.1, -0.05) is 42.1 Å². The molecule has 3 aromatic carbocycles. The van der Waals surface area contributed by atoms with E-state index in [-0.39, 0.29) is 23.9 Å². The molecule has 2 saturated heterocycles. The summed E-state index contributed by atoms with van der Waals surface area (Å²) in [5, 5.41) is 10.9. The molecule has 178 valence electrons. The number of piperazine rings is 1. The lowest BCUT2D eigenvalue weighted by atomic mass is 10.1. The van der Waals surface area contributed by atoms with E-state index in [4.69, 9.17) is 0 Å². The molecule has 3 aromatic rings. The largest absolute Gasteiger partial charge is 0.369 e. The van der Waals surface area contributed by atoms with Crippen LogP contribution < -0.4 is 9.80 Å². The number of nitrogens with zero attached hydrogens (tertiary/aromatic N) is 4. The second-order valence-corrected chi connectivity index (χ2v) is 9.58. The molecule has 2 aliphatic rings. The van der Waals surface area contributed by atoms with Crippen molar-refractivity contribution in [3.8, 4) is 0 Å². The first-order valence-electron chi connectivity index (χ1n) is 11.4. The van der Waals surface area contributed by atoms with Crippen LogP contribution in [-0.2, 0) is 9.59 Å². The van der Waals surface area contributed by atoms with Crippen molar-refractivity contribution in [2.45, 2.75) is 22.3 Å². The molecule has 2 fully saturated rings. The average molecular weight is 489 g/mol.